The van der Waals surface area contributed by atoms with Crippen LogP contribution in [0.15, 0.2) is 0 Å². The largest absolute Gasteiger partial charge is 0.425 e. The third-order valence-electron chi connectivity index (χ3n) is 3.68. The second-order valence-corrected chi connectivity index (χ2v) is 5.34. The number of rotatable bonds is 8. The molecule has 8 atom stereocenters. The van der Waals surface area contributed by atoms with Gasteiger partial charge in [-0.3, -0.25) is 0 Å². The zero-order valence-electron chi connectivity index (χ0n) is 12.4. The molecule has 0 unspecified atom stereocenters. The van der Waals surface area contributed by atoms with Gasteiger partial charge in [0.25, 0.3) is 5.79 Å². The Balaban J connectivity index is 2.84. The Hall–Kier alpha value is -0.930. The van der Waals surface area contributed by atoms with Gasteiger partial charge in [-0.2, -0.15) is 0 Å². The molecule has 0 saturated carbocycles. The average Bonchev–Trinajstić information content (AvgIpc) is 2.83. The molecule has 1 fully saturated rings. The van der Waals surface area contributed by atoms with Gasteiger partial charge < -0.3 is 55.4 Å². The van der Waals surface area contributed by atoms with Gasteiger partial charge in [0.1, 0.15) is 37.1 Å². The van der Waals surface area contributed by atoms with Crippen LogP contribution in [0.3, 0.4) is 0 Å². The van der Waals surface area contributed by atoms with E-state index in [1.54, 1.807) is 0 Å². The molecule has 0 radical (unpaired) electrons. The Morgan fingerprint density at radius 1 is 1.08 bits per heavy atom. The van der Waals surface area contributed by atoms with Crippen LogP contribution >= 0.6 is 0 Å². The summed E-state index contributed by atoms with van der Waals surface area (Å²) in [5.74, 6) is -4.17. The molecule has 0 aliphatic carbocycles. The van der Waals surface area contributed by atoms with Crippen molar-refractivity contribution in [1.82, 2.24) is 0 Å². The van der Waals surface area contributed by atoms with Gasteiger partial charge in [-0.1, -0.05) is 0 Å². The lowest BCUT2D eigenvalue weighted by Crippen LogP contribution is -2.54. The summed E-state index contributed by atoms with van der Waals surface area (Å²) in [7, 11) is 0. The fourth-order valence-electron chi connectivity index (χ4n) is 2.14. The minimum atomic E-state index is -2.51. The first kappa shape index (κ1) is 21.1. The molecule has 12 nitrogen and oxygen atoms in total. The molecule has 24 heavy (non-hydrogen) atoms. The lowest BCUT2D eigenvalue weighted by molar-refractivity contribution is -0.272. The Bertz CT molecular complexity index is 419. The monoisotopic (exact) mass is 358 g/mol. The summed E-state index contributed by atoms with van der Waals surface area (Å²) in [6.45, 7) is -2.89. The van der Waals surface area contributed by atoms with Crippen molar-refractivity contribution in [1.29, 1.82) is 0 Å². The van der Waals surface area contributed by atoms with Crippen LogP contribution in [0.1, 0.15) is 0 Å². The molecule has 1 aliphatic heterocycles. The molecule has 1 saturated heterocycles. The van der Waals surface area contributed by atoms with Crippen LogP contribution < -0.4 is 0 Å². The molecule has 0 aromatic carbocycles. The third kappa shape index (κ3) is 4.00. The summed E-state index contributed by atoms with van der Waals surface area (Å²) in [4.78, 5) is 11.8. The van der Waals surface area contributed by atoms with Crippen LogP contribution in [0.4, 0.5) is 0 Å². The van der Waals surface area contributed by atoms with Crippen molar-refractivity contribution >= 4 is 5.97 Å². The fourth-order valence-corrected chi connectivity index (χ4v) is 2.14. The van der Waals surface area contributed by atoms with Crippen molar-refractivity contribution in [3.63, 3.8) is 0 Å². The highest BCUT2D eigenvalue weighted by Crippen LogP contribution is 2.32. The molecule has 0 aromatic rings. The van der Waals surface area contributed by atoms with E-state index in [-0.39, 0.29) is 0 Å². The second kappa shape index (κ2) is 8.44. The molecular formula is C12H22O12. The van der Waals surface area contributed by atoms with E-state index < -0.39 is 74.3 Å². The number of aliphatic hydroxyl groups excluding tert-OH is 9. The summed E-state index contributed by atoms with van der Waals surface area (Å²) >= 11 is 0. The lowest BCUT2D eigenvalue weighted by Gasteiger charge is -2.32. The number of carbonyl (C=O) groups excluding carboxylic acids is 1. The summed E-state index contributed by atoms with van der Waals surface area (Å²) < 4.78 is 9.53. The molecule has 142 valence electrons. The maximum Gasteiger partial charge on any atom is 0.340 e. The Morgan fingerprint density at radius 2 is 1.67 bits per heavy atom. The molecule has 1 heterocycles. The van der Waals surface area contributed by atoms with Crippen LogP contribution in [0.2, 0.25) is 0 Å². The van der Waals surface area contributed by atoms with Gasteiger partial charge in [-0.15, -0.1) is 0 Å². The molecule has 0 amide bonds. The van der Waals surface area contributed by atoms with Crippen LogP contribution in [0.25, 0.3) is 0 Å². The van der Waals surface area contributed by atoms with E-state index in [4.69, 9.17) is 20.1 Å². The van der Waals surface area contributed by atoms with Crippen LogP contribution in [-0.4, -0.2) is 120 Å². The molecule has 0 spiro atoms. The van der Waals surface area contributed by atoms with Gasteiger partial charge in [-0.05, 0) is 0 Å². The number of aliphatic hydroxyl groups is 9. The first-order valence-corrected chi connectivity index (χ1v) is 6.96. The summed E-state index contributed by atoms with van der Waals surface area (Å²) in [5.41, 5.74) is 0. The number of hydrogen-bond donors (Lipinski definition) is 9. The van der Waals surface area contributed by atoms with Crippen molar-refractivity contribution in [3.05, 3.63) is 0 Å². The Kier molecular flexibility index (Phi) is 7.43. The molecule has 9 N–H and O–H groups in total. The van der Waals surface area contributed by atoms with Crippen molar-refractivity contribution in [2.24, 2.45) is 0 Å². The standard InChI is InChI=1S/C12H22O12/c13-1-4(16)6(17)8(19)9(20)11(22)24-12(3-15)10(21)7(18)5(2-14)23-12/h4-10,13-21H,1-3H2/t4-,5-,6-,7-,8+,9-,10+,12+/m1/s1. The number of ether oxygens (including phenoxy) is 2. The minimum Gasteiger partial charge on any atom is -0.425 e. The van der Waals surface area contributed by atoms with E-state index in [1.807, 2.05) is 0 Å². The fraction of sp³-hybridized carbons (Fsp3) is 0.917. The Morgan fingerprint density at radius 3 is 2.08 bits per heavy atom. The zero-order chi connectivity index (χ0) is 18.7. The van der Waals surface area contributed by atoms with Gasteiger partial charge >= 0.3 is 5.97 Å². The number of hydrogen-bond acceptors (Lipinski definition) is 12. The van der Waals surface area contributed by atoms with Crippen molar-refractivity contribution < 1.29 is 60.2 Å². The zero-order valence-corrected chi connectivity index (χ0v) is 12.4. The quantitative estimate of drug-likeness (QED) is 0.185. The van der Waals surface area contributed by atoms with E-state index in [0.29, 0.717) is 0 Å². The molecule has 0 bridgehead atoms. The summed E-state index contributed by atoms with van der Waals surface area (Å²) in [6.07, 6.45) is -13.7. The first-order valence-electron chi connectivity index (χ1n) is 6.96. The normalized spacial score (nSPS) is 35.3. The maximum absolute atomic E-state index is 11.8. The van der Waals surface area contributed by atoms with Crippen molar-refractivity contribution in [3.8, 4) is 0 Å². The Labute approximate surface area is 135 Å². The third-order valence-corrected chi connectivity index (χ3v) is 3.68. The van der Waals surface area contributed by atoms with Gasteiger partial charge in [0, 0.05) is 0 Å². The molecule has 12 heteroatoms. The van der Waals surface area contributed by atoms with Gasteiger partial charge in [0.15, 0.2) is 12.2 Å². The van der Waals surface area contributed by atoms with E-state index >= 15 is 0 Å². The van der Waals surface area contributed by atoms with Crippen LogP contribution in [-0.2, 0) is 14.3 Å². The molecular weight excluding hydrogens is 336 g/mol. The maximum atomic E-state index is 11.8. The van der Waals surface area contributed by atoms with E-state index in [1.165, 1.54) is 0 Å². The lowest BCUT2D eigenvalue weighted by atomic mass is 10.0. The second-order valence-electron chi connectivity index (χ2n) is 5.34. The number of esters is 1. The smallest absolute Gasteiger partial charge is 0.340 e. The average molecular weight is 358 g/mol. The van der Waals surface area contributed by atoms with Gasteiger partial charge in [-0.25, -0.2) is 4.79 Å². The van der Waals surface area contributed by atoms with Crippen LogP contribution in [0, 0.1) is 0 Å². The minimum absolute atomic E-state index is 0.774. The molecule has 1 aliphatic rings. The van der Waals surface area contributed by atoms with E-state index in [2.05, 4.69) is 4.74 Å². The van der Waals surface area contributed by atoms with Gasteiger partial charge in [0.2, 0.25) is 0 Å². The van der Waals surface area contributed by atoms with E-state index in [9.17, 15) is 35.4 Å². The van der Waals surface area contributed by atoms with E-state index in [0.717, 1.165) is 0 Å². The topological polar surface area (TPSA) is 218 Å². The van der Waals surface area contributed by atoms with Crippen LogP contribution in [0.5, 0.6) is 0 Å². The van der Waals surface area contributed by atoms with Crippen molar-refractivity contribution in [2.45, 2.75) is 48.5 Å². The highest BCUT2D eigenvalue weighted by Gasteiger charge is 2.57. The first-order chi connectivity index (χ1) is 11.1. The molecule has 0 aromatic heterocycles. The highest BCUT2D eigenvalue weighted by atomic mass is 16.8. The summed E-state index contributed by atoms with van der Waals surface area (Å²) in [6, 6.07) is 0. The van der Waals surface area contributed by atoms with Crippen molar-refractivity contribution in [2.75, 3.05) is 19.8 Å². The predicted molar refractivity (Wildman–Crippen MR) is 71.0 cm³/mol. The van der Waals surface area contributed by atoms with Gasteiger partial charge in [0.05, 0.1) is 13.2 Å². The predicted octanol–water partition coefficient (Wildman–Crippen LogP) is -6.23. The highest BCUT2D eigenvalue weighted by molar-refractivity contribution is 5.75. The molecule has 1 rings (SSSR count). The SMILES string of the molecule is O=C(O[C@]1(CO)O[C@H](CO)[C@@H](O)[C@@H]1O)[C@H](O)[C@@H](O)[C@H](O)[C@H](O)CO. The number of carbonyl (C=O) groups is 1. The summed E-state index contributed by atoms with van der Waals surface area (Å²) in [5, 5.41) is 84.2.